The maximum Gasteiger partial charge on any atom is 0.177 e. The van der Waals surface area contributed by atoms with Gasteiger partial charge in [0.1, 0.15) is 23.4 Å². The van der Waals surface area contributed by atoms with Gasteiger partial charge in [-0.15, -0.1) is 5.10 Å². The highest BCUT2D eigenvalue weighted by Crippen LogP contribution is 2.35. The van der Waals surface area contributed by atoms with Crippen LogP contribution in [0.4, 0.5) is 23.0 Å². The fraction of sp³-hybridized carbons (Fsp3) is 0.385. The summed E-state index contributed by atoms with van der Waals surface area (Å²) in [6, 6.07) is 10.7. The summed E-state index contributed by atoms with van der Waals surface area (Å²) in [5.74, 6) is 1.95. The van der Waals surface area contributed by atoms with Crippen LogP contribution in [0.5, 0.6) is 0 Å². The molecule has 0 radical (unpaired) electrons. The van der Waals surface area contributed by atoms with Crippen LogP contribution in [0.3, 0.4) is 0 Å². The van der Waals surface area contributed by atoms with Crippen LogP contribution in [-0.4, -0.2) is 46.0 Å². The maximum absolute atomic E-state index is 12.5. The van der Waals surface area contributed by atoms with Crippen molar-refractivity contribution >= 4 is 44.0 Å². The summed E-state index contributed by atoms with van der Waals surface area (Å²) < 4.78 is 33.0. The molecule has 4 aromatic rings. The second-order valence-corrected chi connectivity index (χ2v) is 11.6. The average molecular weight is 520 g/mol. The molecule has 2 aliphatic rings. The minimum absolute atomic E-state index is 0.155. The van der Waals surface area contributed by atoms with E-state index in [0.717, 1.165) is 50.0 Å². The molecule has 1 unspecified atom stereocenters. The summed E-state index contributed by atoms with van der Waals surface area (Å²) in [7, 11) is -3.45. The summed E-state index contributed by atoms with van der Waals surface area (Å²) in [5, 5.41) is 15.4. The first kappa shape index (κ1) is 23.8. The van der Waals surface area contributed by atoms with Crippen LogP contribution in [0.1, 0.15) is 49.0 Å². The minimum atomic E-state index is -3.45. The van der Waals surface area contributed by atoms with Gasteiger partial charge in [-0.2, -0.15) is 5.10 Å². The zero-order chi connectivity index (χ0) is 25.6. The number of nitrogens with one attached hydrogen (secondary N) is 2. The van der Waals surface area contributed by atoms with Gasteiger partial charge in [-0.25, -0.2) is 18.4 Å². The van der Waals surface area contributed by atoms with Crippen molar-refractivity contribution < 1.29 is 13.2 Å². The van der Waals surface area contributed by atoms with Gasteiger partial charge in [0.25, 0.3) is 0 Å². The van der Waals surface area contributed by atoms with Gasteiger partial charge in [0.05, 0.1) is 22.0 Å². The van der Waals surface area contributed by atoms with E-state index < -0.39 is 9.84 Å². The summed E-state index contributed by atoms with van der Waals surface area (Å²) in [6.45, 7) is 2.63. The molecule has 0 spiro atoms. The van der Waals surface area contributed by atoms with E-state index in [-0.39, 0.29) is 11.1 Å². The van der Waals surface area contributed by atoms with E-state index in [1.807, 2.05) is 23.6 Å². The Morgan fingerprint density at radius 1 is 0.973 bits per heavy atom. The van der Waals surface area contributed by atoms with Crippen molar-refractivity contribution in [1.82, 2.24) is 24.7 Å². The lowest BCUT2D eigenvalue weighted by Crippen LogP contribution is -2.19. The molecule has 1 fully saturated rings. The quantitative estimate of drug-likeness (QED) is 0.376. The Morgan fingerprint density at radius 2 is 1.84 bits per heavy atom. The minimum Gasteiger partial charge on any atom is -0.358 e. The normalized spacial score (nSPS) is 17.6. The first-order valence-electron chi connectivity index (χ1n) is 12.6. The van der Waals surface area contributed by atoms with E-state index in [0.29, 0.717) is 40.8 Å². The molecule has 1 aliphatic carbocycles. The van der Waals surface area contributed by atoms with Gasteiger partial charge in [-0.3, -0.25) is 4.57 Å². The molecule has 0 amide bonds. The number of imidazole rings is 1. The number of aryl methyl sites for hydroxylation is 3. The molecule has 0 saturated carbocycles. The van der Waals surface area contributed by atoms with Gasteiger partial charge in [-0.1, -0.05) is 12.1 Å². The Bertz CT molecular complexity index is 1590. The highest BCUT2D eigenvalue weighted by Gasteiger charge is 2.24. The molecule has 1 aliphatic heterocycles. The second kappa shape index (κ2) is 9.38. The van der Waals surface area contributed by atoms with Crippen molar-refractivity contribution in [3.63, 3.8) is 0 Å². The summed E-state index contributed by atoms with van der Waals surface area (Å²) in [4.78, 5) is 9.95. The van der Waals surface area contributed by atoms with Crippen molar-refractivity contribution in [2.24, 2.45) is 0 Å². The number of rotatable bonds is 6. The van der Waals surface area contributed by atoms with Crippen LogP contribution in [0.15, 0.2) is 41.3 Å². The predicted molar refractivity (Wildman–Crippen MR) is 141 cm³/mol. The van der Waals surface area contributed by atoms with Crippen LogP contribution in [0.2, 0.25) is 0 Å². The maximum atomic E-state index is 12.5. The molecular weight excluding hydrogens is 490 g/mol. The predicted octanol–water partition coefficient (Wildman–Crippen LogP) is 4.61. The number of benzene rings is 1. The molecule has 4 heterocycles. The summed E-state index contributed by atoms with van der Waals surface area (Å²) in [5.41, 5.74) is 4.66. The van der Waals surface area contributed by atoms with Gasteiger partial charge >= 0.3 is 0 Å². The number of para-hydroxylation sites is 1. The van der Waals surface area contributed by atoms with Gasteiger partial charge in [0.2, 0.25) is 0 Å². The zero-order valence-electron chi connectivity index (χ0n) is 20.9. The first-order chi connectivity index (χ1) is 17.9. The lowest BCUT2D eigenvalue weighted by molar-refractivity contribution is -0.0308. The number of pyridine rings is 1. The number of anilines is 4. The number of nitrogens with zero attached hydrogens (tertiary/aromatic N) is 5. The van der Waals surface area contributed by atoms with Gasteiger partial charge < -0.3 is 15.4 Å². The van der Waals surface area contributed by atoms with E-state index >= 15 is 0 Å². The summed E-state index contributed by atoms with van der Waals surface area (Å²) in [6.07, 6.45) is 7.07. The smallest absolute Gasteiger partial charge is 0.177 e. The first-order valence-corrected chi connectivity index (χ1v) is 14.5. The van der Waals surface area contributed by atoms with Gasteiger partial charge in [0, 0.05) is 18.9 Å². The average Bonchev–Trinajstić information content (AvgIpc) is 3.48. The number of fused-ring (bicyclic) bond motifs is 2. The van der Waals surface area contributed by atoms with Crippen molar-refractivity contribution in [2.45, 2.75) is 56.6 Å². The Kier molecular flexibility index (Phi) is 6.04. The Morgan fingerprint density at radius 3 is 2.65 bits per heavy atom. The molecule has 37 heavy (non-hydrogen) atoms. The third-order valence-corrected chi connectivity index (χ3v) is 8.06. The molecule has 2 N–H and O–H groups in total. The number of ether oxygens (including phenoxy) is 1. The van der Waals surface area contributed by atoms with E-state index in [4.69, 9.17) is 14.7 Å². The molecule has 0 bridgehead atoms. The molecule has 1 aromatic carbocycles. The second-order valence-electron chi connectivity index (χ2n) is 9.65. The zero-order valence-corrected chi connectivity index (χ0v) is 21.7. The third kappa shape index (κ3) is 4.64. The lowest BCUT2D eigenvalue weighted by atomic mass is 10.2. The van der Waals surface area contributed by atoms with E-state index in [1.165, 1.54) is 11.8 Å². The molecule has 6 rings (SSSR count). The van der Waals surface area contributed by atoms with E-state index in [9.17, 15) is 8.42 Å². The van der Waals surface area contributed by atoms with Crippen molar-refractivity contribution in [3.8, 4) is 0 Å². The van der Waals surface area contributed by atoms with Crippen molar-refractivity contribution in [2.75, 3.05) is 23.5 Å². The number of hydrogen-bond acceptors (Lipinski definition) is 9. The van der Waals surface area contributed by atoms with Crippen LogP contribution >= 0.6 is 0 Å². The number of hydrogen-bond donors (Lipinski definition) is 2. The van der Waals surface area contributed by atoms with Crippen LogP contribution in [0.25, 0.3) is 11.2 Å². The standard InChI is InChI=1S/C26H29N7O3S/c1-16-27-25-20(28-19-9-3-4-11-21(19)37(2,34)35)15-22(29-23-14-17-8-7-10-18(17)31-32-23)30-26(25)33(16)24-12-5-6-13-36-24/h3-4,9,11,14-15,24H,5-8,10,12-13H2,1-2H3,(H2,28,29,30,32). The number of aromatic nitrogens is 5. The molecule has 3 aromatic heterocycles. The fourth-order valence-electron chi connectivity index (χ4n) is 5.16. The van der Waals surface area contributed by atoms with Crippen LogP contribution in [0, 0.1) is 6.92 Å². The lowest BCUT2D eigenvalue weighted by Gasteiger charge is -2.25. The van der Waals surface area contributed by atoms with Crippen LogP contribution in [-0.2, 0) is 27.4 Å². The SMILES string of the molecule is Cc1nc2c(Nc3ccccc3S(C)(=O)=O)cc(Nc3cc4c(nn3)CCC4)nc2n1C1CCCCO1. The number of sulfone groups is 1. The van der Waals surface area contributed by atoms with Gasteiger partial charge in [0.15, 0.2) is 21.3 Å². The molecule has 1 atom stereocenters. The molecule has 1 saturated heterocycles. The molecule has 11 heteroatoms. The molecule has 192 valence electrons. The molecule has 10 nitrogen and oxygen atoms in total. The third-order valence-electron chi connectivity index (χ3n) is 6.90. The summed E-state index contributed by atoms with van der Waals surface area (Å²) >= 11 is 0. The van der Waals surface area contributed by atoms with E-state index in [2.05, 4.69) is 20.8 Å². The fourth-order valence-corrected chi connectivity index (χ4v) is 6.01. The Labute approximate surface area is 215 Å². The monoisotopic (exact) mass is 519 g/mol. The van der Waals surface area contributed by atoms with Crippen LogP contribution < -0.4 is 10.6 Å². The van der Waals surface area contributed by atoms with E-state index in [1.54, 1.807) is 24.3 Å². The largest absolute Gasteiger partial charge is 0.358 e. The van der Waals surface area contributed by atoms with Crippen molar-refractivity contribution in [3.05, 3.63) is 53.5 Å². The highest BCUT2D eigenvalue weighted by atomic mass is 32.2. The Balaban J connectivity index is 1.47. The molecular formula is C26H29N7O3S. The van der Waals surface area contributed by atoms with Crippen molar-refractivity contribution in [1.29, 1.82) is 0 Å². The highest BCUT2D eigenvalue weighted by molar-refractivity contribution is 7.90. The topological polar surface area (TPSA) is 124 Å². The van der Waals surface area contributed by atoms with Gasteiger partial charge in [-0.05, 0) is 69.2 Å². The Hall–Kier alpha value is -3.57.